The van der Waals surface area contributed by atoms with E-state index in [1.165, 1.54) is 4.90 Å². The summed E-state index contributed by atoms with van der Waals surface area (Å²) in [6, 6.07) is 9.29. The SMILES string of the molecule is O=C1NC2(CC2)C(=O)N1Cc1ccccc1. The zero-order valence-corrected chi connectivity index (χ0v) is 8.77. The number of imide groups is 1. The fourth-order valence-electron chi connectivity index (χ4n) is 2.05. The average molecular weight is 216 g/mol. The van der Waals surface area contributed by atoms with Gasteiger partial charge in [0.05, 0.1) is 6.54 Å². The van der Waals surface area contributed by atoms with Crippen LogP contribution in [0.4, 0.5) is 4.79 Å². The third kappa shape index (κ3) is 1.30. The molecule has 3 amide bonds. The van der Waals surface area contributed by atoms with E-state index < -0.39 is 5.54 Å². The minimum atomic E-state index is -0.536. The van der Waals surface area contributed by atoms with Gasteiger partial charge >= 0.3 is 6.03 Å². The molecule has 1 aromatic rings. The van der Waals surface area contributed by atoms with Crippen LogP contribution < -0.4 is 5.32 Å². The van der Waals surface area contributed by atoms with Gasteiger partial charge in [-0.3, -0.25) is 9.69 Å². The van der Waals surface area contributed by atoms with E-state index in [1.807, 2.05) is 30.3 Å². The van der Waals surface area contributed by atoms with Crippen molar-refractivity contribution in [3.8, 4) is 0 Å². The van der Waals surface area contributed by atoms with Crippen LogP contribution in [0.15, 0.2) is 30.3 Å². The molecule has 1 saturated heterocycles. The molecule has 2 aliphatic rings. The summed E-state index contributed by atoms with van der Waals surface area (Å²) in [4.78, 5) is 24.9. The molecule has 1 aliphatic carbocycles. The Labute approximate surface area is 93.2 Å². The Morgan fingerprint density at radius 2 is 1.88 bits per heavy atom. The lowest BCUT2D eigenvalue weighted by atomic mass is 10.2. The maximum Gasteiger partial charge on any atom is 0.325 e. The molecule has 82 valence electrons. The van der Waals surface area contributed by atoms with Gasteiger partial charge in [0.15, 0.2) is 0 Å². The lowest BCUT2D eigenvalue weighted by Gasteiger charge is -2.12. The van der Waals surface area contributed by atoms with Crippen molar-refractivity contribution in [3.63, 3.8) is 0 Å². The smallest absolute Gasteiger partial charge is 0.323 e. The van der Waals surface area contributed by atoms with Crippen molar-refractivity contribution in [1.29, 1.82) is 0 Å². The molecule has 0 atom stereocenters. The van der Waals surface area contributed by atoms with Gasteiger partial charge in [0.25, 0.3) is 5.91 Å². The molecule has 4 heteroatoms. The second-order valence-electron chi connectivity index (χ2n) is 4.39. The highest BCUT2D eigenvalue weighted by atomic mass is 16.2. The Bertz CT molecular complexity index is 451. The molecule has 1 heterocycles. The Morgan fingerprint density at radius 3 is 2.44 bits per heavy atom. The summed E-state index contributed by atoms with van der Waals surface area (Å²) in [6.45, 7) is 0.368. The first-order valence-corrected chi connectivity index (χ1v) is 5.39. The lowest BCUT2D eigenvalue weighted by molar-refractivity contribution is -0.128. The van der Waals surface area contributed by atoms with Crippen LogP contribution in [-0.2, 0) is 11.3 Å². The molecule has 1 aromatic carbocycles. The molecular weight excluding hydrogens is 204 g/mol. The number of hydrogen-bond acceptors (Lipinski definition) is 2. The van der Waals surface area contributed by atoms with Gasteiger partial charge in [-0.15, -0.1) is 0 Å². The van der Waals surface area contributed by atoms with Crippen molar-refractivity contribution in [2.75, 3.05) is 0 Å². The maximum absolute atomic E-state index is 11.9. The van der Waals surface area contributed by atoms with Gasteiger partial charge in [0, 0.05) is 0 Å². The van der Waals surface area contributed by atoms with Crippen molar-refractivity contribution in [2.24, 2.45) is 0 Å². The quantitative estimate of drug-likeness (QED) is 0.757. The highest BCUT2D eigenvalue weighted by molar-refractivity contribution is 6.08. The number of urea groups is 1. The number of carbonyl (C=O) groups is 2. The molecule has 1 N–H and O–H groups in total. The van der Waals surface area contributed by atoms with Crippen LogP contribution >= 0.6 is 0 Å². The summed E-state index contributed by atoms with van der Waals surface area (Å²) in [6.07, 6.45) is 1.56. The van der Waals surface area contributed by atoms with Crippen LogP contribution in [0, 0.1) is 0 Å². The number of nitrogens with one attached hydrogen (secondary N) is 1. The molecule has 3 rings (SSSR count). The summed E-state index contributed by atoms with van der Waals surface area (Å²) in [7, 11) is 0. The summed E-state index contributed by atoms with van der Waals surface area (Å²) in [5.41, 5.74) is 0.440. The normalized spacial score (nSPS) is 21.4. The predicted octanol–water partition coefficient (Wildman–Crippen LogP) is 1.27. The first-order chi connectivity index (χ1) is 7.71. The van der Waals surface area contributed by atoms with Gasteiger partial charge in [-0.1, -0.05) is 30.3 Å². The van der Waals surface area contributed by atoms with Crippen LogP contribution in [0.1, 0.15) is 18.4 Å². The fraction of sp³-hybridized carbons (Fsp3) is 0.333. The molecule has 1 aliphatic heterocycles. The van der Waals surface area contributed by atoms with Crippen molar-refractivity contribution in [3.05, 3.63) is 35.9 Å². The first kappa shape index (κ1) is 9.39. The maximum atomic E-state index is 11.9. The number of nitrogens with zero attached hydrogens (tertiary/aromatic N) is 1. The Morgan fingerprint density at radius 1 is 1.19 bits per heavy atom. The van der Waals surface area contributed by atoms with Crippen LogP contribution in [0.2, 0.25) is 0 Å². The molecule has 0 radical (unpaired) electrons. The molecule has 1 spiro atoms. The number of benzene rings is 1. The van der Waals surface area contributed by atoms with Crippen LogP contribution in [0.5, 0.6) is 0 Å². The zero-order valence-electron chi connectivity index (χ0n) is 8.77. The van der Waals surface area contributed by atoms with E-state index in [0.717, 1.165) is 18.4 Å². The zero-order chi connectivity index (χ0) is 11.2. The van der Waals surface area contributed by atoms with Gasteiger partial charge in [0.1, 0.15) is 5.54 Å². The highest BCUT2D eigenvalue weighted by Crippen LogP contribution is 2.41. The Hall–Kier alpha value is -1.84. The van der Waals surface area contributed by atoms with Crippen molar-refractivity contribution in [1.82, 2.24) is 10.2 Å². The number of rotatable bonds is 2. The summed E-state index contributed by atoms with van der Waals surface area (Å²) >= 11 is 0. The lowest BCUT2D eigenvalue weighted by Crippen LogP contribution is -2.32. The third-order valence-corrected chi connectivity index (χ3v) is 3.18. The molecule has 2 fully saturated rings. The summed E-state index contributed by atoms with van der Waals surface area (Å²) in [5.74, 6) is -0.0682. The van der Waals surface area contributed by atoms with Crippen molar-refractivity contribution < 1.29 is 9.59 Å². The van der Waals surface area contributed by atoms with E-state index in [0.29, 0.717) is 6.54 Å². The van der Waals surface area contributed by atoms with Gasteiger partial charge in [-0.05, 0) is 18.4 Å². The second-order valence-corrected chi connectivity index (χ2v) is 4.39. The van der Waals surface area contributed by atoms with Crippen LogP contribution in [-0.4, -0.2) is 22.4 Å². The van der Waals surface area contributed by atoms with Gasteiger partial charge in [-0.25, -0.2) is 4.79 Å². The minimum absolute atomic E-state index is 0.0682. The van der Waals surface area contributed by atoms with Crippen LogP contribution in [0.3, 0.4) is 0 Å². The molecule has 0 bridgehead atoms. The van der Waals surface area contributed by atoms with E-state index in [-0.39, 0.29) is 11.9 Å². The summed E-state index contributed by atoms with van der Waals surface area (Å²) < 4.78 is 0. The van der Waals surface area contributed by atoms with E-state index in [2.05, 4.69) is 5.32 Å². The van der Waals surface area contributed by atoms with E-state index in [4.69, 9.17) is 0 Å². The second kappa shape index (κ2) is 3.07. The van der Waals surface area contributed by atoms with E-state index in [1.54, 1.807) is 0 Å². The topological polar surface area (TPSA) is 49.4 Å². The molecule has 0 aromatic heterocycles. The number of hydrogen-bond donors (Lipinski definition) is 1. The van der Waals surface area contributed by atoms with Crippen molar-refractivity contribution >= 4 is 11.9 Å². The van der Waals surface area contributed by atoms with Crippen molar-refractivity contribution in [2.45, 2.75) is 24.9 Å². The largest absolute Gasteiger partial charge is 0.325 e. The molecule has 1 saturated carbocycles. The van der Waals surface area contributed by atoms with Gasteiger partial charge < -0.3 is 5.32 Å². The van der Waals surface area contributed by atoms with Gasteiger partial charge in [-0.2, -0.15) is 0 Å². The molecule has 0 unspecified atom stereocenters. The Kier molecular flexibility index (Phi) is 1.80. The molecule has 4 nitrogen and oxygen atoms in total. The third-order valence-electron chi connectivity index (χ3n) is 3.18. The Balaban J connectivity index is 1.81. The standard InChI is InChI=1S/C12H12N2O2/c15-10-12(6-7-12)13-11(16)14(10)8-9-4-2-1-3-5-9/h1-5H,6-8H2,(H,13,16). The summed E-state index contributed by atoms with van der Waals surface area (Å²) in [5, 5.41) is 2.76. The predicted molar refractivity (Wildman–Crippen MR) is 57.5 cm³/mol. The van der Waals surface area contributed by atoms with E-state index in [9.17, 15) is 9.59 Å². The van der Waals surface area contributed by atoms with Gasteiger partial charge in [0.2, 0.25) is 0 Å². The highest BCUT2D eigenvalue weighted by Gasteiger charge is 2.59. The van der Waals surface area contributed by atoms with E-state index >= 15 is 0 Å². The fourth-order valence-corrected chi connectivity index (χ4v) is 2.05. The molecule has 16 heavy (non-hydrogen) atoms. The van der Waals surface area contributed by atoms with Crippen LogP contribution in [0.25, 0.3) is 0 Å². The molecular formula is C12H12N2O2. The minimum Gasteiger partial charge on any atom is -0.323 e. The average Bonchev–Trinajstić information content (AvgIpc) is 3.03. The first-order valence-electron chi connectivity index (χ1n) is 5.39. The monoisotopic (exact) mass is 216 g/mol. The number of carbonyl (C=O) groups excluding carboxylic acids is 2. The number of amides is 3.